The highest BCUT2D eigenvalue weighted by atomic mass is 15.1. The fourth-order valence-electron chi connectivity index (χ4n) is 13.4. The maximum absolute atomic E-state index is 2.55. The predicted molar refractivity (Wildman–Crippen MR) is 295 cm³/mol. The van der Waals surface area contributed by atoms with E-state index in [0.717, 1.165) is 17.1 Å². The van der Waals surface area contributed by atoms with Gasteiger partial charge in [-0.05, 0) is 136 Å². The number of benzene rings is 12. The fourth-order valence-corrected chi connectivity index (χ4v) is 13.4. The van der Waals surface area contributed by atoms with Crippen molar-refractivity contribution in [3.63, 3.8) is 0 Å². The quantitative estimate of drug-likeness (QED) is 0.161. The first kappa shape index (κ1) is 39.9. The van der Waals surface area contributed by atoms with Crippen LogP contribution in [-0.2, 0) is 10.8 Å². The van der Waals surface area contributed by atoms with Crippen molar-refractivity contribution >= 4 is 38.6 Å². The van der Waals surface area contributed by atoms with Crippen LogP contribution >= 0.6 is 0 Å². The minimum Gasteiger partial charge on any atom is -0.310 e. The third-order valence-electron chi connectivity index (χ3n) is 16.1. The summed E-state index contributed by atoms with van der Waals surface area (Å²) in [6, 6.07) is 103. The molecule has 15 rings (SSSR count). The summed E-state index contributed by atoms with van der Waals surface area (Å²) < 4.78 is 0. The average molecular weight is 900 g/mol. The molecule has 0 aromatic heterocycles. The Bertz CT molecular complexity index is 4070. The molecule has 1 unspecified atom stereocenters. The molecule has 0 fully saturated rings. The molecule has 330 valence electrons. The molecule has 71 heavy (non-hydrogen) atoms. The lowest BCUT2D eigenvalue weighted by Crippen LogP contribution is -2.32. The lowest BCUT2D eigenvalue weighted by atomic mass is 9.60. The normalized spacial score (nSPS) is 15.2. The van der Waals surface area contributed by atoms with Gasteiger partial charge in [-0.2, -0.15) is 0 Å². The second-order valence-corrected chi connectivity index (χ2v) is 19.4. The molecule has 3 aliphatic rings. The smallest absolute Gasteiger partial charge is 0.0732 e. The van der Waals surface area contributed by atoms with E-state index in [0.29, 0.717) is 0 Å². The van der Waals surface area contributed by atoms with Crippen molar-refractivity contribution in [3.05, 3.63) is 317 Å². The molecule has 1 nitrogen and oxygen atoms in total. The summed E-state index contributed by atoms with van der Waals surface area (Å²) >= 11 is 0. The first-order valence-corrected chi connectivity index (χ1v) is 24.8. The lowest BCUT2D eigenvalue weighted by Gasteiger charge is -2.42. The Hall–Kier alpha value is -9.04. The zero-order chi connectivity index (χ0) is 46.7. The van der Waals surface area contributed by atoms with E-state index in [1.807, 2.05) is 0 Å². The molecule has 0 radical (unpaired) electrons. The molecule has 0 bridgehead atoms. The van der Waals surface area contributed by atoms with Crippen LogP contribution in [0.25, 0.3) is 66.1 Å². The molecule has 0 heterocycles. The second-order valence-electron chi connectivity index (χ2n) is 19.4. The van der Waals surface area contributed by atoms with Crippen LogP contribution in [0.2, 0.25) is 0 Å². The first-order chi connectivity index (χ1) is 35.2. The van der Waals surface area contributed by atoms with E-state index < -0.39 is 10.8 Å². The number of anilines is 3. The first-order valence-electron chi connectivity index (χ1n) is 24.8. The Morgan fingerprint density at radius 2 is 0.704 bits per heavy atom. The zero-order valence-corrected chi connectivity index (χ0v) is 38.9. The third kappa shape index (κ3) is 5.41. The van der Waals surface area contributed by atoms with Gasteiger partial charge in [-0.3, -0.25) is 0 Å². The average Bonchev–Trinajstić information content (AvgIpc) is 3.91. The summed E-state index contributed by atoms with van der Waals surface area (Å²) in [4.78, 5) is 2.55. The molecular formula is C70H45N. The molecular weight excluding hydrogens is 855 g/mol. The van der Waals surface area contributed by atoms with Gasteiger partial charge in [0.15, 0.2) is 0 Å². The number of fused-ring (bicyclic) bond motifs is 13. The molecule has 0 aliphatic heterocycles. The zero-order valence-electron chi connectivity index (χ0n) is 38.9. The molecule has 1 spiro atoms. The molecule has 1 atom stereocenters. The Morgan fingerprint density at radius 3 is 1.34 bits per heavy atom. The maximum Gasteiger partial charge on any atom is 0.0732 e. The van der Waals surface area contributed by atoms with Crippen molar-refractivity contribution in [1.82, 2.24) is 0 Å². The van der Waals surface area contributed by atoms with Crippen LogP contribution in [0.3, 0.4) is 0 Å². The Labute approximate surface area is 414 Å². The molecule has 0 saturated carbocycles. The molecule has 3 aliphatic carbocycles. The molecule has 0 saturated heterocycles. The SMILES string of the molecule is c1ccc(-c2ccc3cccc4c3c2C2(c3ccccc3-c3ccc(N(c5ccc6c(c5)C(c5ccccc5)(c5ccccc5)c5ccccc5-6)c5cccc6ccccc56)cc32)c2ccccc2-4)cc1. The number of hydrogen-bond donors (Lipinski definition) is 0. The molecule has 0 N–H and O–H groups in total. The molecule has 12 aromatic rings. The standard InChI is InChI=1S/C70H45N/c1-4-20-47(21-5-1)54-41-38-48-24-18-33-60-57-32-14-17-36-63(57)70(68(54)67(48)60)62-35-16-13-31-56(62)59-43-40-52(45-65(59)70)71(66-37-19-23-46-22-10-11-29-53(46)66)51-39-42-58-55-30-12-15-34-61(55)69(64(58)44-51,49-25-6-2-7-26-49)50-27-8-3-9-28-50/h1-45H. The van der Waals surface area contributed by atoms with Crippen molar-refractivity contribution in [2.24, 2.45) is 0 Å². The van der Waals surface area contributed by atoms with Crippen LogP contribution in [0.4, 0.5) is 17.1 Å². The number of nitrogens with zero attached hydrogens (tertiary/aromatic N) is 1. The van der Waals surface area contributed by atoms with Crippen LogP contribution in [0.1, 0.15) is 44.5 Å². The Morgan fingerprint density at radius 1 is 0.268 bits per heavy atom. The summed E-state index contributed by atoms with van der Waals surface area (Å²) in [6.07, 6.45) is 0. The van der Waals surface area contributed by atoms with Gasteiger partial charge in [0, 0.05) is 16.8 Å². The Kier molecular flexibility index (Phi) is 8.56. The summed E-state index contributed by atoms with van der Waals surface area (Å²) in [5.74, 6) is 0. The highest BCUT2D eigenvalue weighted by Crippen LogP contribution is 2.65. The van der Waals surface area contributed by atoms with Gasteiger partial charge in [0.25, 0.3) is 0 Å². The summed E-state index contributed by atoms with van der Waals surface area (Å²) in [6.45, 7) is 0. The van der Waals surface area contributed by atoms with Crippen LogP contribution < -0.4 is 4.90 Å². The van der Waals surface area contributed by atoms with E-state index in [9.17, 15) is 0 Å². The highest BCUT2D eigenvalue weighted by Gasteiger charge is 2.52. The third-order valence-corrected chi connectivity index (χ3v) is 16.1. The largest absolute Gasteiger partial charge is 0.310 e. The van der Waals surface area contributed by atoms with Crippen molar-refractivity contribution in [2.45, 2.75) is 10.8 Å². The summed E-state index contributed by atoms with van der Waals surface area (Å²) in [7, 11) is 0. The van der Waals surface area contributed by atoms with E-state index in [4.69, 9.17) is 0 Å². The van der Waals surface area contributed by atoms with Gasteiger partial charge in [0.05, 0.1) is 16.5 Å². The molecule has 1 heteroatoms. The van der Waals surface area contributed by atoms with Gasteiger partial charge in [0.1, 0.15) is 0 Å². The van der Waals surface area contributed by atoms with Crippen LogP contribution in [0.15, 0.2) is 273 Å². The van der Waals surface area contributed by atoms with Crippen molar-refractivity contribution in [2.75, 3.05) is 4.90 Å². The van der Waals surface area contributed by atoms with E-state index in [1.165, 1.54) is 111 Å². The van der Waals surface area contributed by atoms with Gasteiger partial charge in [0.2, 0.25) is 0 Å². The summed E-state index contributed by atoms with van der Waals surface area (Å²) in [5.41, 5.74) is 22.7. The van der Waals surface area contributed by atoms with Crippen molar-refractivity contribution < 1.29 is 0 Å². The Balaban J connectivity index is 1.05. The van der Waals surface area contributed by atoms with Crippen molar-refractivity contribution in [3.8, 4) is 44.5 Å². The van der Waals surface area contributed by atoms with Gasteiger partial charge >= 0.3 is 0 Å². The van der Waals surface area contributed by atoms with Crippen molar-refractivity contribution in [1.29, 1.82) is 0 Å². The number of rotatable bonds is 6. The number of hydrogen-bond acceptors (Lipinski definition) is 1. The minimum absolute atomic E-state index is 0.551. The monoisotopic (exact) mass is 899 g/mol. The predicted octanol–water partition coefficient (Wildman–Crippen LogP) is 17.8. The van der Waals surface area contributed by atoms with Gasteiger partial charge in [-0.15, -0.1) is 0 Å². The topological polar surface area (TPSA) is 3.24 Å². The van der Waals surface area contributed by atoms with Gasteiger partial charge in [-0.1, -0.05) is 243 Å². The minimum atomic E-state index is -0.642. The van der Waals surface area contributed by atoms with Gasteiger partial charge < -0.3 is 4.90 Å². The molecule has 12 aromatic carbocycles. The highest BCUT2D eigenvalue weighted by molar-refractivity contribution is 6.10. The maximum atomic E-state index is 2.55. The summed E-state index contributed by atoms with van der Waals surface area (Å²) in [5, 5.41) is 4.98. The van der Waals surface area contributed by atoms with E-state index >= 15 is 0 Å². The van der Waals surface area contributed by atoms with E-state index in [-0.39, 0.29) is 0 Å². The van der Waals surface area contributed by atoms with E-state index in [2.05, 4.69) is 278 Å². The second kappa shape index (κ2) is 15.2. The molecule has 0 amide bonds. The van der Waals surface area contributed by atoms with Crippen LogP contribution in [-0.4, -0.2) is 0 Å². The van der Waals surface area contributed by atoms with Gasteiger partial charge in [-0.25, -0.2) is 0 Å². The van der Waals surface area contributed by atoms with E-state index in [1.54, 1.807) is 0 Å². The van der Waals surface area contributed by atoms with Crippen LogP contribution in [0, 0.1) is 0 Å². The lowest BCUT2D eigenvalue weighted by molar-refractivity contribution is 0.768. The van der Waals surface area contributed by atoms with Crippen LogP contribution in [0.5, 0.6) is 0 Å². The fraction of sp³-hybridized carbons (Fsp3) is 0.0286.